The molecular weight excluding hydrogens is 292 g/mol. The molecule has 4 nitrogen and oxygen atoms in total. The maximum absolute atomic E-state index is 13.6. The smallest absolute Gasteiger partial charge is 0.305 e. The van der Waals surface area contributed by atoms with E-state index in [-0.39, 0.29) is 17.4 Å². The molecular formula is C13H8ClF2NO3. The first-order valence-corrected chi connectivity index (χ1v) is 6.01. The van der Waals surface area contributed by atoms with Crippen molar-refractivity contribution < 1.29 is 18.4 Å². The highest BCUT2D eigenvalue weighted by atomic mass is 35.5. The number of rotatable bonds is 4. The van der Waals surface area contributed by atoms with Crippen molar-refractivity contribution in [2.75, 3.05) is 0 Å². The molecule has 0 fully saturated rings. The van der Waals surface area contributed by atoms with Gasteiger partial charge in [0, 0.05) is 18.0 Å². The second-order valence-electron chi connectivity index (χ2n) is 3.87. The normalized spacial score (nSPS) is 10.3. The Morgan fingerprint density at radius 1 is 1.15 bits per heavy atom. The zero-order chi connectivity index (χ0) is 14.7. The van der Waals surface area contributed by atoms with E-state index in [1.807, 2.05) is 0 Å². The van der Waals surface area contributed by atoms with Crippen LogP contribution in [0.1, 0.15) is 5.56 Å². The number of benzene rings is 2. The predicted octanol–water partition coefficient (Wildman–Crippen LogP) is 4.40. The lowest BCUT2D eigenvalue weighted by Gasteiger charge is -2.07. The molecule has 0 saturated carbocycles. The Morgan fingerprint density at radius 3 is 2.45 bits per heavy atom. The average Bonchev–Trinajstić information content (AvgIpc) is 2.40. The van der Waals surface area contributed by atoms with E-state index in [2.05, 4.69) is 0 Å². The molecule has 7 heteroatoms. The van der Waals surface area contributed by atoms with Crippen LogP contribution in [-0.4, -0.2) is 4.92 Å². The first kappa shape index (κ1) is 14.2. The largest absolute Gasteiger partial charge is 0.454 e. The molecule has 0 radical (unpaired) electrons. The Balaban J connectivity index is 2.26. The van der Waals surface area contributed by atoms with Crippen LogP contribution < -0.4 is 4.74 Å². The molecule has 0 aromatic heterocycles. The number of nitrogens with zero attached hydrogens (tertiary/aromatic N) is 1. The molecule has 20 heavy (non-hydrogen) atoms. The molecule has 0 aliphatic rings. The van der Waals surface area contributed by atoms with Crippen LogP contribution in [0, 0.1) is 21.7 Å². The van der Waals surface area contributed by atoms with Crippen molar-refractivity contribution in [1.29, 1.82) is 0 Å². The monoisotopic (exact) mass is 299 g/mol. The molecule has 0 aliphatic heterocycles. The highest BCUT2D eigenvalue weighted by Gasteiger charge is 2.15. The van der Waals surface area contributed by atoms with Gasteiger partial charge in [0.05, 0.1) is 4.92 Å². The predicted molar refractivity (Wildman–Crippen MR) is 69.1 cm³/mol. The van der Waals surface area contributed by atoms with Crippen molar-refractivity contribution in [3.63, 3.8) is 0 Å². The highest BCUT2D eigenvalue weighted by molar-refractivity contribution is 6.17. The molecule has 0 saturated heterocycles. The van der Waals surface area contributed by atoms with Crippen molar-refractivity contribution >= 4 is 17.3 Å². The summed E-state index contributed by atoms with van der Waals surface area (Å²) in [5, 5.41) is 10.5. The summed E-state index contributed by atoms with van der Waals surface area (Å²) in [6.07, 6.45) is 0. The molecule has 0 bridgehead atoms. The van der Waals surface area contributed by atoms with Crippen LogP contribution in [0.2, 0.25) is 0 Å². The summed E-state index contributed by atoms with van der Waals surface area (Å²) in [5.74, 6) is -1.70. The van der Waals surface area contributed by atoms with Gasteiger partial charge < -0.3 is 4.74 Å². The SMILES string of the molecule is O=[N+]([O-])c1ccc(Oc2ccc(CCl)cc2F)cc1F. The summed E-state index contributed by atoms with van der Waals surface area (Å²) in [6.45, 7) is 0. The fourth-order valence-corrected chi connectivity index (χ4v) is 1.70. The second kappa shape index (κ2) is 5.83. The maximum atomic E-state index is 13.6. The molecule has 104 valence electrons. The fourth-order valence-electron chi connectivity index (χ4n) is 1.54. The molecule has 0 heterocycles. The number of hydrogen-bond donors (Lipinski definition) is 0. The van der Waals surface area contributed by atoms with Crippen LogP contribution >= 0.6 is 11.6 Å². The third kappa shape index (κ3) is 3.03. The van der Waals surface area contributed by atoms with Gasteiger partial charge in [0.2, 0.25) is 5.82 Å². The van der Waals surface area contributed by atoms with Crippen LogP contribution in [-0.2, 0) is 5.88 Å². The third-order valence-corrected chi connectivity index (χ3v) is 2.80. The van der Waals surface area contributed by atoms with Gasteiger partial charge in [-0.3, -0.25) is 10.1 Å². The van der Waals surface area contributed by atoms with Gasteiger partial charge in [-0.1, -0.05) is 6.07 Å². The van der Waals surface area contributed by atoms with Gasteiger partial charge in [0.1, 0.15) is 5.75 Å². The van der Waals surface area contributed by atoms with Crippen LogP contribution in [0.5, 0.6) is 11.5 Å². The molecule has 2 aromatic carbocycles. The molecule has 0 spiro atoms. The van der Waals surface area contributed by atoms with Crippen molar-refractivity contribution in [1.82, 2.24) is 0 Å². The van der Waals surface area contributed by atoms with E-state index in [1.165, 1.54) is 18.2 Å². The van der Waals surface area contributed by atoms with Gasteiger partial charge in [-0.2, -0.15) is 4.39 Å². The van der Waals surface area contributed by atoms with Crippen molar-refractivity contribution in [3.05, 3.63) is 63.7 Å². The van der Waals surface area contributed by atoms with Crippen LogP contribution in [0.25, 0.3) is 0 Å². The van der Waals surface area contributed by atoms with E-state index in [0.717, 1.165) is 12.1 Å². The topological polar surface area (TPSA) is 52.4 Å². The van der Waals surface area contributed by atoms with E-state index in [0.29, 0.717) is 5.56 Å². The van der Waals surface area contributed by atoms with E-state index in [9.17, 15) is 18.9 Å². The van der Waals surface area contributed by atoms with Gasteiger partial charge in [-0.05, 0) is 23.8 Å². The van der Waals surface area contributed by atoms with E-state index < -0.39 is 22.2 Å². The summed E-state index contributed by atoms with van der Waals surface area (Å²) in [6, 6.07) is 7.09. The van der Waals surface area contributed by atoms with E-state index in [1.54, 1.807) is 6.07 Å². The van der Waals surface area contributed by atoms with Crippen LogP contribution in [0.15, 0.2) is 36.4 Å². The van der Waals surface area contributed by atoms with Crippen LogP contribution in [0.4, 0.5) is 14.5 Å². The Bertz CT molecular complexity index is 664. The molecule has 0 amide bonds. The van der Waals surface area contributed by atoms with Gasteiger partial charge in [-0.15, -0.1) is 11.6 Å². The molecule has 0 aliphatic carbocycles. The number of hydrogen-bond acceptors (Lipinski definition) is 3. The van der Waals surface area contributed by atoms with E-state index >= 15 is 0 Å². The Hall–Kier alpha value is -2.21. The minimum Gasteiger partial charge on any atom is -0.454 e. The molecule has 2 rings (SSSR count). The Labute approximate surface area is 117 Å². The highest BCUT2D eigenvalue weighted by Crippen LogP contribution is 2.28. The minimum atomic E-state index is -1.05. The number of alkyl halides is 1. The molecule has 0 unspecified atom stereocenters. The Morgan fingerprint density at radius 2 is 1.90 bits per heavy atom. The summed E-state index contributed by atoms with van der Waals surface area (Å²) >= 11 is 5.56. The maximum Gasteiger partial charge on any atom is 0.305 e. The lowest BCUT2D eigenvalue weighted by atomic mass is 10.2. The Kier molecular flexibility index (Phi) is 4.14. The molecule has 0 N–H and O–H groups in total. The first-order chi connectivity index (χ1) is 9.51. The molecule has 2 aromatic rings. The average molecular weight is 300 g/mol. The first-order valence-electron chi connectivity index (χ1n) is 5.47. The number of nitro groups is 1. The van der Waals surface area contributed by atoms with Gasteiger partial charge in [0.15, 0.2) is 11.6 Å². The van der Waals surface area contributed by atoms with Gasteiger partial charge in [0.25, 0.3) is 0 Å². The standard InChI is InChI=1S/C13H8ClF2NO3/c14-7-8-1-4-13(11(16)5-8)20-9-2-3-12(17(18)19)10(15)6-9/h1-6H,7H2. The quantitative estimate of drug-likeness (QED) is 0.477. The molecule has 0 atom stereocenters. The van der Waals surface area contributed by atoms with Gasteiger partial charge >= 0.3 is 5.69 Å². The lowest BCUT2D eigenvalue weighted by molar-refractivity contribution is -0.387. The van der Waals surface area contributed by atoms with Gasteiger partial charge in [-0.25, -0.2) is 4.39 Å². The summed E-state index contributed by atoms with van der Waals surface area (Å²) < 4.78 is 32.2. The fraction of sp³-hybridized carbons (Fsp3) is 0.0769. The summed E-state index contributed by atoms with van der Waals surface area (Å²) in [4.78, 5) is 9.62. The minimum absolute atomic E-state index is 0.0365. The lowest BCUT2D eigenvalue weighted by Crippen LogP contribution is -1.94. The van der Waals surface area contributed by atoms with Crippen LogP contribution in [0.3, 0.4) is 0 Å². The third-order valence-electron chi connectivity index (χ3n) is 2.49. The second-order valence-corrected chi connectivity index (χ2v) is 4.14. The van der Waals surface area contributed by atoms with Crippen molar-refractivity contribution in [2.45, 2.75) is 5.88 Å². The zero-order valence-corrected chi connectivity index (χ0v) is 10.7. The van der Waals surface area contributed by atoms with Crippen molar-refractivity contribution in [3.8, 4) is 11.5 Å². The number of ether oxygens (including phenoxy) is 1. The summed E-state index contributed by atoms with van der Waals surface area (Å²) in [7, 11) is 0. The van der Waals surface area contributed by atoms with E-state index in [4.69, 9.17) is 16.3 Å². The summed E-state index contributed by atoms with van der Waals surface area (Å²) in [5.41, 5.74) is -0.0956. The number of halogens is 3. The van der Waals surface area contributed by atoms with Crippen molar-refractivity contribution in [2.24, 2.45) is 0 Å². The zero-order valence-electron chi connectivity index (χ0n) is 9.98. The number of nitro benzene ring substituents is 1.